The lowest BCUT2D eigenvalue weighted by atomic mass is 10.0. The van der Waals surface area contributed by atoms with Crippen LogP contribution in [0, 0.1) is 5.82 Å². The van der Waals surface area contributed by atoms with Crippen LogP contribution in [-0.4, -0.2) is 11.2 Å². The number of amides is 2. The fourth-order valence-corrected chi connectivity index (χ4v) is 3.06. The number of nitrogens with two attached hydrogens (primary N) is 2. The van der Waals surface area contributed by atoms with Gasteiger partial charge in [0, 0.05) is 0 Å². The number of urea groups is 1. The predicted molar refractivity (Wildman–Crippen MR) is 102 cm³/mol. The third-order valence-electron chi connectivity index (χ3n) is 4.25. The van der Waals surface area contributed by atoms with Gasteiger partial charge >= 0.3 is 6.03 Å². The van der Waals surface area contributed by atoms with Gasteiger partial charge in [0.25, 0.3) is 0 Å². The van der Waals surface area contributed by atoms with Crippen LogP contribution in [0.15, 0.2) is 71.3 Å². The smallest absolute Gasteiger partial charge is 0.323 e. The van der Waals surface area contributed by atoms with Crippen molar-refractivity contribution in [2.75, 3.05) is 10.6 Å². The van der Waals surface area contributed by atoms with E-state index in [1.165, 1.54) is 23.1 Å². The second kappa shape index (κ2) is 6.45. The van der Waals surface area contributed by atoms with Gasteiger partial charge < -0.3 is 16.0 Å². The van der Waals surface area contributed by atoms with E-state index in [2.05, 4.69) is 5.16 Å². The molecule has 134 valence electrons. The van der Waals surface area contributed by atoms with Crippen molar-refractivity contribution in [2.24, 2.45) is 5.73 Å². The van der Waals surface area contributed by atoms with Crippen molar-refractivity contribution in [2.45, 2.75) is 0 Å². The van der Waals surface area contributed by atoms with Crippen molar-refractivity contribution in [1.82, 2.24) is 5.16 Å². The molecule has 0 fully saturated rings. The van der Waals surface area contributed by atoms with Crippen LogP contribution in [0.3, 0.4) is 0 Å². The van der Waals surface area contributed by atoms with Crippen LogP contribution in [0.2, 0.25) is 0 Å². The van der Waals surface area contributed by atoms with Gasteiger partial charge in [-0.1, -0.05) is 35.5 Å². The molecule has 6 nitrogen and oxygen atoms in total. The quantitative estimate of drug-likeness (QED) is 0.563. The van der Waals surface area contributed by atoms with E-state index in [1.807, 2.05) is 24.3 Å². The lowest BCUT2D eigenvalue weighted by Gasteiger charge is -2.21. The van der Waals surface area contributed by atoms with Crippen molar-refractivity contribution in [3.05, 3.63) is 72.5 Å². The molecule has 0 bridgehead atoms. The van der Waals surface area contributed by atoms with Crippen LogP contribution in [0.5, 0.6) is 0 Å². The zero-order valence-corrected chi connectivity index (χ0v) is 14.1. The third kappa shape index (κ3) is 2.95. The zero-order chi connectivity index (χ0) is 19.0. The Bertz CT molecular complexity index is 1140. The van der Waals surface area contributed by atoms with Crippen LogP contribution >= 0.6 is 0 Å². The number of anilines is 3. The van der Waals surface area contributed by atoms with E-state index in [-0.39, 0.29) is 0 Å². The average molecular weight is 362 g/mol. The molecule has 0 unspecified atom stereocenters. The van der Waals surface area contributed by atoms with Crippen LogP contribution in [0.25, 0.3) is 22.1 Å². The van der Waals surface area contributed by atoms with Gasteiger partial charge in [-0.25, -0.2) is 9.18 Å². The maximum Gasteiger partial charge on any atom is 0.323 e. The Labute approximate surface area is 153 Å². The summed E-state index contributed by atoms with van der Waals surface area (Å²) in [6, 6.07) is 17.6. The van der Waals surface area contributed by atoms with Crippen molar-refractivity contribution in [3.8, 4) is 11.1 Å². The molecule has 3 aromatic carbocycles. The maximum absolute atomic E-state index is 13.5. The van der Waals surface area contributed by atoms with E-state index in [9.17, 15) is 9.18 Å². The second-order valence-corrected chi connectivity index (χ2v) is 5.95. The van der Waals surface area contributed by atoms with Crippen molar-refractivity contribution in [1.29, 1.82) is 0 Å². The molecule has 27 heavy (non-hydrogen) atoms. The highest BCUT2D eigenvalue weighted by Crippen LogP contribution is 2.34. The molecule has 4 N–H and O–H groups in total. The molecule has 4 aromatic rings. The number of rotatable bonds is 3. The van der Waals surface area contributed by atoms with Crippen molar-refractivity contribution < 1.29 is 13.7 Å². The van der Waals surface area contributed by atoms with E-state index < -0.39 is 11.8 Å². The number of hydrogen-bond donors (Lipinski definition) is 2. The first-order valence-electron chi connectivity index (χ1n) is 8.14. The number of carbonyl (C=O) groups is 1. The van der Waals surface area contributed by atoms with Crippen LogP contribution in [-0.2, 0) is 0 Å². The fourth-order valence-electron chi connectivity index (χ4n) is 3.06. The van der Waals surface area contributed by atoms with Crippen LogP contribution in [0.4, 0.5) is 26.4 Å². The summed E-state index contributed by atoms with van der Waals surface area (Å²) in [5.74, 6) is -0.145. The first kappa shape index (κ1) is 16.6. The minimum Gasteiger partial charge on any atom is -0.380 e. The Hall–Kier alpha value is -3.87. The largest absolute Gasteiger partial charge is 0.380 e. The second-order valence-electron chi connectivity index (χ2n) is 5.95. The monoisotopic (exact) mass is 362 g/mol. The summed E-state index contributed by atoms with van der Waals surface area (Å²) in [5, 5.41) is 4.52. The number of carbonyl (C=O) groups excluding carboxylic acids is 1. The van der Waals surface area contributed by atoms with Gasteiger partial charge in [0.15, 0.2) is 11.4 Å². The number of nitrogen functional groups attached to an aromatic ring is 1. The van der Waals surface area contributed by atoms with Gasteiger partial charge in [-0.15, -0.1) is 0 Å². The third-order valence-corrected chi connectivity index (χ3v) is 4.25. The first-order chi connectivity index (χ1) is 13.0. The molecule has 7 heteroatoms. The summed E-state index contributed by atoms with van der Waals surface area (Å²) in [6.45, 7) is 0. The number of benzene rings is 3. The summed E-state index contributed by atoms with van der Waals surface area (Å²) in [7, 11) is 0. The summed E-state index contributed by atoms with van der Waals surface area (Å²) in [4.78, 5) is 13.2. The van der Waals surface area contributed by atoms with Gasteiger partial charge in [-0.2, -0.15) is 0 Å². The van der Waals surface area contributed by atoms with E-state index >= 15 is 0 Å². The molecular formula is C20H15FN4O2. The molecule has 0 aliphatic heterocycles. The van der Waals surface area contributed by atoms with E-state index in [4.69, 9.17) is 16.0 Å². The molecule has 0 aliphatic rings. The number of primary amides is 1. The highest BCUT2D eigenvalue weighted by Gasteiger charge is 2.17. The summed E-state index contributed by atoms with van der Waals surface area (Å²) in [6.07, 6.45) is 0. The Kier molecular flexibility index (Phi) is 3.97. The number of fused-ring (bicyclic) bond motifs is 1. The normalized spacial score (nSPS) is 10.9. The number of nitrogens with zero attached hydrogens (tertiary/aromatic N) is 2. The molecule has 0 aliphatic carbocycles. The molecule has 0 atom stereocenters. The average Bonchev–Trinajstić information content (AvgIpc) is 3.04. The minimum atomic E-state index is -0.710. The summed E-state index contributed by atoms with van der Waals surface area (Å²) < 4.78 is 18.7. The molecule has 2 amide bonds. The highest BCUT2D eigenvalue weighted by atomic mass is 19.1. The van der Waals surface area contributed by atoms with Gasteiger partial charge in [-0.3, -0.25) is 4.90 Å². The van der Waals surface area contributed by atoms with Crippen molar-refractivity contribution in [3.63, 3.8) is 0 Å². The number of aromatic nitrogens is 1. The van der Waals surface area contributed by atoms with Gasteiger partial charge in [0.05, 0.1) is 16.8 Å². The zero-order valence-electron chi connectivity index (χ0n) is 14.1. The van der Waals surface area contributed by atoms with Gasteiger partial charge in [0.2, 0.25) is 0 Å². The molecule has 0 spiro atoms. The SMILES string of the molecule is NC(=O)N(c1ccc(-c2cccc3onc(N)c23)cc1)c1cccc(F)c1. The van der Waals surface area contributed by atoms with E-state index in [0.717, 1.165) is 16.5 Å². The fraction of sp³-hybridized carbons (Fsp3) is 0. The molecule has 1 aromatic heterocycles. The summed E-state index contributed by atoms with van der Waals surface area (Å²) in [5.41, 5.74) is 14.6. The summed E-state index contributed by atoms with van der Waals surface area (Å²) >= 11 is 0. The Morgan fingerprint density at radius 1 is 1.00 bits per heavy atom. The van der Waals surface area contributed by atoms with Gasteiger partial charge in [-0.05, 0) is 47.5 Å². The Morgan fingerprint density at radius 2 is 1.74 bits per heavy atom. The molecule has 0 saturated carbocycles. The maximum atomic E-state index is 13.5. The molecule has 0 radical (unpaired) electrons. The van der Waals surface area contributed by atoms with E-state index in [1.54, 1.807) is 24.3 Å². The Balaban J connectivity index is 1.76. The van der Waals surface area contributed by atoms with Gasteiger partial charge in [0.1, 0.15) is 5.82 Å². The molecular weight excluding hydrogens is 347 g/mol. The first-order valence-corrected chi connectivity index (χ1v) is 8.14. The van der Waals surface area contributed by atoms with E-state index in [0.29, 0.717) is 22.8 Å². The highest BCUT2D eigenvalue weighted by molar-refractivity contribution is 6.01. The lowest BCUT2D eigenvalue weighted by Crippen LogP contribution is -2.31. The Morgan fingerprint density at radius 3 is 2.44 bits per heavy atom. The predicted octanol–water partition coefficient (Wildman–Crippen LogP) is 4.43. The topological polar surface area (TPSA) is 98.4 Å². The standard InChI is InChI=1S/C20H15FN4O2/c21-13-3-1-4-15(11-13)25(20(23)26)14-9-7-12(8-10-14)16-5-2-6-17-18(16)19(22)24-27-17/h1-11H,(H2,22,24)(H2,23,26). The minimum absolute atomic E-state index is 0.309. The number of hydrogen-bond acceptors (Lipinski definition) is 4. The lowest BCUT2D eigenvalue weighted by molar-refractivity contribution is 0.256. The van der Waals surface area contributed by atoms with Crippen molar-refractivity contribution >= 4 is 34.2 Å². The molecule has 4 rings (SSSR count). The van der Waals surface area contributed by atoms with Crippen LogP contribution in [0.1, 0.15) is 0 Å². The van der Waals surface area contributed by atoms with Crippen LogP contribution < -0.4 is 16.4 Å². The molecule has 0 saturated heterocycles. The molecule has 1 heterocycles. The number of halogens is 1.